The third-order valence-corrected chi connectivity index (χ3v) is 1.95. The van der Waals surface area contributed by atoms with Crippen molar-refractivity contribution in [3.05, 3.63) is 29.6 Å². The van der Waals surface area contributed by atoms with Gasteiger partial charge in [0.25, 0.3) is 0 Å². The fourth-order valence-corrected chi connectivity index (χ4v) is 1.12. The molecule has 0 bridgehead atoms. The van der Waals surface area contributed by atoms with Crippen LogP contribution >= 0.6 is 0 Å². The van der Waals surface area contributed by atoms with E-state index in [9.17, 15) is 4.79 Å². The van der Waals surface area contributed by atoms with E-state index in [2.05, 4.69) is 11.9 Å². The maximum absolute atomic E-state index is 10.6. The lowest BCUT2D eigenvalue weighted by Gasteiger charge is -2.03. The molecule has 0 spiro atoms. The first-order valence-corrected chi connectivity index (χ1v) is 5.00. The number of pyridine rings is 1. The molecule has 0 unspecified atom stereocenters. The number of unbranched alkanes of at least 4 members (excludes halogenated alkanes) is 1. The Hall–Kier alpha value is -1.42. The van der Waals surface area contributed by atoms with Crippen molar-refractivity contribution >= 4 is 5.97 Å². The number of hydrogen-bond donors (Lipinski definition) is 1. The van der Waals surface area contributed by atoms with Crippen molar-refractivity contribution in [2.45, 2.75) is 26.4 Å². The lowest BCUT2D eigenvalue weighted by Crippen LogP contribution is -2.02. The fourth-order valence-electron chi connectivity index (χ4n) is 1.12. The molecule has 4 heteroatoms. The molecule has 1 N–H and O–H groups in total. The van der Waals surface area contributed by atoms with Gasteiger partial charge in [0.15, 0.2) is 0 Å². The lowest BCUT2D eigenvalue weighted by molar-refractivity contribution is 0.0690. The van der Waals surface area contributed by atoms with Gasteiger partial charge in [-0.3, -0.25) is 0 Å². The van der Waals surface area contributed by atoms with E-state index >= 15 is 0 Å². The molecule has 1 heterocycles. The molecule has 1 aromatic rings. The summed E-state index contributed by atoms with van der Waals surface area (Å²) in [6.45, 7) is 3.25. The van der Waals surface area contributed by atoms with Gasteiger partial charge in [0.2, 0.25) is 0 Å². The van der Waals surface area contributed by atoms with Gasteiger partial charge in [-0.2, -0.15) is 0 Å². The van der Waals surface area contributed by atoms with E-state index in [1.54, 1.807) is 6.07 Å². The number of carbonyl (C=O) groups is 1. The van der Waals surface area contributed by atoms with Crippen LogP contribution in [0.2, 0.25) is 0 Å². The quantitative estimate of drug-likeness (QED) is 0.729. The molecule has 0 saturated heterocycles. The van der Waals surface area contributed by atoms with Crippen molar-refractivity contribution in [1.29, 1.82) is 0 Å². The molecule has 82 valence electrons. The highest BCUT2D eigenvalue weighted by Crippen LogP contribution is 2.04. The van der Waals surface area contributed by atoms with Crippen LogP contribution in [0, 0.1) is 0 Å². The van der Waals surface area contributed by atoms with Crippen LogP contribution in [-0.2, 0) is 11.3 Å². The molecule has 15 heavy (non-hydrogen) atoms. The average Bonchev–Trinajstić information content (AvgIpc) is 2.25. The molecule has 0 aliphatic rings. The maximum atomic E-state index is 10.6. The van der Waals surface area contributed by atoms with Gasteiger partial charge in [-0.25, -0.2) is 9.78 Å². The smallest absolute Gasteiger partial charge is 0.354 e. The van der Waals surface area contributed by atoms with Crippen LogP contribution in [-0.4, -0.2) is 22.7 Å². The molecule has 4 nitrogen and oxygen atoms in total. The molecule has 0 atom stereocenters. The molecular weight excluding hydrogens is 194 g/mol. The molecular formula is C11H15NO3. The summed E-state index contributed by atoms with van der Waals surface area (Å²) in [5.74, 6) is -1.01. The fraction of sp³-hybridized carbons (Fsp3) is 0.455. The van der Waals surface area contributed by atoms with Gasteiger partial charge < -0.3 is 9.84 Å². The molecule has 0 aromatic carbocycles. The Kier molecular flexibility index (Phi) is 4.77. The first-order valence-electron chi connectivity index (χ1n) is 5.00. The van der Waals surface area contributed by atoms with E-state index in [0.717, 1.165) is 18.4 Å². The number of hydrogen-bond acceptors (Lipinski definition) is 3. The summed E-state index contributed by atoms with van der Waals surface area (Å²) in [4.78, 5) is 14.4. The largest absolute Gasteiger partial charge is 0.477 e. The Balaban J connectivity index is 2.47. The van der Waals surface area contributed by atoms with Crippen LogP contribution in [0.4, 0.5) is 0 Å². The molecule has 1 rings (SSSR count). The molecule has 0 radical (unpaired) electrons. The summed E-state index contributed by atoms with van der Waals surface area (Å²) in [6, 6.07) is 3.30. The molecule has 1 aromatic heterocycles. The van der Waals surface area contributed by atoms with Gasteiger partial charge in [0.1, 0.15) is 5.69 Å². The van der Waals surface area contributed by atoms with E-state index in [0.29, 0.717) is 13.2 Å². The Morgan fingerprint density at radius 2 is 2.40 bits per heavy atom. The van der Waals surface area contributed by atoms with Crippen molar-refractivity contribution in [3.63, 3.8) is 0 Å². The number of aromatic nitrogens is 1. The number of nitrogens with zero attached hydrogens (tertiary/aromatic N) is 1. The minimum atomic E-state index is -1.01. The van der Waals surface area contributed by atoms with Crippen molar-refractivity contribution in [2.75, 3.05) is 6.61 Å². The first-order chi connectivity index (χ1) is 7.24. The average molecular weight is 209 g/mol. The highest BCUT2D eigenvalue weighted by atomic mass is 16.5. The van der Waals surface area contributed by atoms with Crippen LogP contribution in [0.15, 0.2) is 18.3 Å². The summed E-state index contributed by atoms with van der Waals surface area (Å²) in [5, 5.41) is 8.72. The minimum absolute atomic E-state index is 0.0617. The number of carboxylic acid groups (broad SMARTS) is 1. The van der Waals surface area contributed by atoms with Crippen LogP contribution in [0.3, 0.4) is 0 Å². The van der Waals surface area contributed by atoms with Crippen molar-refractivity contribution < 1.29 is 14.6 Å². The highest BCUT2D eigenvalue weighted by Gasteiger charge is 2.04. The van der Waals surface area contributed by atoms with E-state index in [-0.39, 0.29) is 5.69 Å². The highest BCUT2D eigenvalue weighted by molar-refractivity contribution is 5.85. The molecule has 0 fully saturated rings. The monoisotopic (exact) mass is 209 g/mol. The van der Waals surface area contributed by atoms with Gasteiger partial charge >= 0.3 is 5.97 Å². The number of ether oxygens (including phenoxy) is 1. The van der Waals surface area contributed by atoms with Gasteiger partial charge in [0, 0.05) is 12.8 Å². The topological polar surface area (TPSA) is 59.4 Å². The number of carboxylic acids is 1. The zero-order valence-corrected chi connectivity index (χ0v) is 8.77. The van der Waals surface area contributed by atoms with Gasteiger partial charge in [0.05, 0.1) is 6.61 Å². The molecule has 0 amide bonds. The van der Waals surface area contributed by atoms with E-state index in [4.69, 9.17) is 9.84 Å². The molecule has 0 saturated carbocycles. The summed E-state index contributed by atoms with van der Waals surface area (Å²) in [5.41, 5.74) is 0.907. The van der Waals surface area contributed by atoms with Crippen LogP contribution in [0.1, 0.15) is 35.8 Å². The maximum Gasteiger partial charge on any atom is 0.354 e. The lowest BCUT2D eigenvalue weighted by atomic mass is 10.2. The summed E-state index contributed by atoms with van der Waals surface area (Å²) < 4.78 is 5.37. The van der Waals surface area contributed by atoms with Crippen LogP contribution < -0.4 is 0 Å². The third kappa shape index (κ3) is 4.08. The van der Waals surface area contributed by atoms with Gasteiger partial charge in [-0.05, 0) is 24.1 Å². The summed E-state index contributed by atoms with van der Waals surface area (Å²) in [6.07, 6.45) is 3.61. The number of aromatic carboxylic acids is 1. The van der Waals surface area contributed by atoms with E-state index in [1.165, 1.54) is 12.3 Å². The Morgan fingerprint density at radius 3 is 3.07 bits per heavy atom. The standard InChI is InChI=1S/C11H15NO3/c1-2-3-6-15-8-9-4-5-12-10(7-9)11(13)14/h4-5,7H,2-3,6,8H2,1H3,(H,13,14). The third-order valence-electron chi connectivity index (χ3n) is 1.95. The summed E-state index contributed by atoms with van der Waals surface area (Å²) in [7, 11) is 0. The minimum Gasteiger partial charge on any atom is -0.477 e. The van der Waals surface area contributed by atoms with Crippen molar-refractivity contribution in [2.24, 2.45) is 0 Å². The van der Waals surface area contributed by atoms with Gasteiger partial charge in [-0.1, -0.05) is 13.3 Å². The van der Waals surface area contributed by atoms with Gasteiger partial charge in [-0.15, -0.1) is 0 Å². The van der Waals surface area contributed by atoms with Crippen molar-refractivity contribution in [1.82, 2.24) is 4.98 Å². The first kappa shape index (κ1) is 11.7. The summed E-state index contributed by atoms with van der Waals surface area (Å²) >= 11 is 0. The van der Waals surface area contributed by atoms with E-state index < -0.39 is 5.97 Å². The predicted molar refractivity (Wildman–Crippen MR) is 55.8 cm³/mol. The predicted octanol–water partition coefficient (Wildman–Crippen LogP) is 2.10. The Morgan fingerprint density at radius 1 is 1.60 bits per heavy atom. The Labute approximate surface area is 88.9 Å². The second-order valence-electron chi connectivity index (χ2n) is 3.26. The second-order valence-corrected chi connectivity index (χ2v) is 3.26. The van der Waals surface area contributed by atoms with Crippen LogP contribution in [0.25, 0.3) is 0 Å². The molecule has 0 aliphatic heterocycles. The zero-order valence-electron chi connectivity index (χ0n) is 8.77. The zero-order chi connectivity index (χ0) is 11.1. The number of rotatable bonds is 6. The Bertz CT molecular complexity index is 325. The van der Waals surface area contributed by atoms with Crippen molar-refractivity contribution in [3.8, 4) is 0 Å². The van der Waals surface area contributed by atoms with E-state index in [1.807, 2.05) is 0 Å². The molecule has 0 aliphatic carbocycles. The SMILES string of the molecule is CCCCOCc1ccnc(C(=O)O)c1. The normalized spacial score (nSPS) is 10.2. The van der Waals surface area contributed by atoms with Crippen LogP contribution in [0.5, 0.6) is 0 Å². The second kappa shape index (κ2) is 6.14.